The van der Waals surface area contributed by atoms with Crippen molar-refractivity contribution in [3.63, 3.8) is 0 Å². The number of hydrogen-bond acceptors (Lipinski definition) is 3. The van der Waals surface area contributed by atoms with Gasteiger partial charge in [0.25, 0.3) is 0 Å². The summed E-state index contributed by atoms with van der Waals surface area (Å²) in [5.41, 5.74) is 5.85. The Morgan fingerprint density at radius 1 is 1.00 bits per heavy atom. The number of anilines is 1. The Balaban J connectivity index is 1.67. The summed E-state index contributed by atoms with van der Waals surface area (Å²) in [4.78, 5) is 23.7. The molecule has 6 nitrogen and oxygen atoms in total. The maximum atomic E-state index is 13.5. The fourth-order valence-corrected chi connectivity index (χ4v) is 2.85. The number of nitrogens with zero attached hydrogens (tertiary/aromatic N) is 2. The van der Waals surface area contributed by atoms with E-state index in [4.69, 9.17) is 0 Å². The Bertz CT molecular complexity index is 1040. The molecule has 0 aliphatic carbocycles. The molecule has 0 aliphatic rings. The van der Waals surface area contributed by atoms with Crippen LogP contribution < -0.4 is 10.7 Å². The molecule has 0 aliphatic heterocycles. The second-order valence-electron chi connectivity index (χ2n) is 6.13. The number of nitrogens with one attached hydrogen (secondary N) is 2. The topological polar surface area (TPSA) is 75.5 Å². The largest absolute Gasteiger partial charge is 0.329 e. The number of aryl methyl sites for hydroxylation is 1. The van der Waals surface area contributed by atoms with Crippen LogP contribution in [0.15, 0.2) is 65.8 Å². The average Bonchev–Trinajstić information content (AvgIpc) is 2.97. The number of aromatic nitrogens is 1. The third-order valence-electron chi connectivity index (χ3n) is 4.18. The highest BCUT2D eigenvalue weighted by Gasteiger charge is 2.15. The Morgan fingerprint density at radius 3 is 2.39 bits per heavy atom. The summed E-state index contributed by atoms with van der Waals surface area (Å²) in [5.74, 6) is -2.62. The van der Waals surface area contributed by atoms with Crippen LogP contribution in [-0.4, -0.2) is 22.6 Å². The van der Waals surface area contributed by atoms with Crippen LogP contribution in [0.5, 0.6) is 0 Å². The van der Waals surface area contributed by atoms with Crippen LogP contribution in [0.3, 0.4) is 0 Å². The molecular weight excluding hydrogens is 359 g/mol. The van der Waals surface area contributed by atoms with Crippen LogP contribution in [0, 0.1) is 19.7 Å². The van der Waals surface area contributed by atoms with Gasteiger partial charge in [-0.1, -0.05) is 30.3 Å². The first kappa shape index (κ1) is 19.0. The highest BCUT2D eigenvalue weighted by Crippen LogP contribution is 2.19. The maximum absolute atomic E-state index is 13.5. The Kier molecular flexibility index (Phi) is 5.64. The van der Waals surface area contributed by atoms with Gasteiger partial charge in [-0.25, -0.2) is 9.82 Å². The van der Waals surface area contributed by atoms with E-state index >= 15 is 0 Å². The standard InChI is InChI=1S/C21H19FN4O2/c1-14-12-16(15(2)26(14)17-8-4-3-5-9-17)13-23-25-21(28)20(27)24-19-11-7-6-10-18(19)22/h3-13H,1-2H3,(H,24,27)(H,25,28)/b23-13-. The molecule has 0 atom stereocenters. The van der Waals surface area contributed by atoms with E-state index in [2.05, 4.69) is 20.4 Å². The molecule has 28 heavy (non-hydrogen) atoms. The lowest BCUT2D eigenvalue weighted by Crippen LogP contribution is -2.32. The van der Waals surface area contributed by atoms with Crippen LogP contribution in [0.1, 0.15) is 17.0 Å². The molecule has 0 spiro atoms. The Morgan fingerprint density at radius 2 is 1.68 bits per heavy atom. The molecule has 3 aromatic rings. The van der Waals surface area contributed by atoms with Crippen molar-refractivity contribution >= 4 is 23.7 Å². The number of carbonyl (C=O) groups is 2. The SMILES string of the molecule is Cc1cc(/C=N\NC(=O)C(=O)Nc2ccccc2F)c(C)n1-c1ccccc1. The molecule has 0 bridgehead atoms. The molecular formula is C21H19FN4O2. The van der Waals surface area contributed by atoms with E-state index < -0.39 is 17.6 Å². The summed E-state index contributed by atoms with van der Waals surface area (Å²) in [6, 6.07) is 17.4. The molecule has 2 N–H and O–H groups in total. The minimum Gasteiger partial charge on any atom is -0.318 e. The third-order valence-corrected chi connectivity index (χ3v) is 4.18. The number of hydrazone groups is 1. The van der Waals surface area contributed by atoms with E-state index in [1.165, 1.54) is 24.4 Å². The van der Waals surface area contributed by atoms with Crippen molar-refractivity contribution in [1.29, 1.82) is 0 Å². The van der Waals surface area contributed by atoms with Gasteiger partial charge >= 0.3 is 11.8 Å². The normalized spacial score (nSPS) is 10.8. The van der Waals surface area contributed by atoms with Crippen molar-refractivity contribution in [2.75, 3.05) is 5.32 Å². The lowest BCUT2D eigenvalue weighted by atomic mass is 10.2. The molecule has 0 unspecified atom stereocenters. The molecule has 0 saturated carbocycles. The summed E-state index contributed by atoms with van der Waals surface area (Å²) in [6.45, 7) is 3.91. The van der Waals surface area contributed by atoms with Gasteiger partial charge in [-0.15, -0.1) is 0 Å². The summed E-state index contributed by atoms with van der Waals surface area (Å²) in [5, 5.41) is 6.04. The molecule has 1 aromatic heterocycles. The van der Waals surface area contributed by atoms with Crippen molar-refractivity contribution in [3.8, 4) is 5.69 Å². The zero-order valence-corrected chi connectivity index (χ0v) is 15.4. The molecule has 7 heteroatoms. The van der Waals surface area contributed by atoms with E-state index in [1.54, 1.807) is 6.07 Å². The third kappa shape index (κ3) is 4.15. The fraction of sp³-hybridized carbons (Fsp3) is 0.0952. The summed E-state index contributed by atoms with van der Waals surface area (Å²) < 4.78 is 15.6. The fourth-order valence-electron chi connectivity index (χ4n) is 2.85. The summed E-state index contributed by atoms with van der Waals surface area (Å²) in [6.07, 6.45) is 1.47. The molecule has 0 fully saturated rings. The first-order valence-corrected chi connectivity index (χ1v) is 8.60. The van der Waals surface area contributed by atoms with Crippen molar-refractivity contribution in [2.24, 2.45) is 5.10 Å². The number of hydrogen-bond donors (Lipinski definition) is 2. The van der Waals surface area contributed by atoms with E-state index in [9.17, 15) is 14.0 Å². The van der Waals surface area contributed by atoms with Crippen molar-refractivity contribution < 1.29 is 14.0 Å². The first-order valence-electron chi connectivity index (χ1n) is 8.60. The molecule has 1 heterocycles. The van der Waals surface area contributed by atoms with Crippen LogP contribution >= 0.6 is 0 Å². The monoisotopic (exact) mass is 378 g/mol. The Hall–Kier alpha value is -3.74. The second-order valence-corrected chi connectivity index (χ2v) is 6.13. The quantitative estimate of drug-likeness (QED) is 0.415. The van der Waals surface area contributed by atoms with E-state index in [0.29, 0.717) is 0 Å². The maximum Gasteiger partial charge on any atom is 0.329 e. The van der Waals surface area contributed by atoms with Gasteiger partial charge < -0.3 is 9.88 Å². The van der Waals surface area contributed by atoms with Gasteiger partial charge in [0.2, 0.25) is 0 Å². The van der Waals surface area contributed by atoms with Crippen LogP contribution in [0.25, 0.3) is 5.69 Å². The smallest absolute Gasteiger partial charge is 0.318 e. The number of carbonyl (C=O) groups excluding carboxylic acids is 2. The molecule has 0 radical (unpaired) electrons. The van der Waals surface area contributed by atoms with Crippen molar-refractivity contribution in [2.45, 2.75) is 13.8 Å². The van der Waals surface area contributed by atoms with Crippen LogP contribution in [0.2, 0.25) is 0 Å². The van der Waals surface area contributed by atoms with Gasteiger partial charge in [-0.3, -0.25) is 9.59 Å². The molecule has 2 amide bonds. The average molecular weight is 378 g/mol. The van der Waals surface area contributed by atoms with Gasteiger partial charge in [0.1, 0.15) is 5.82 Å². The van der Waals surface area contributed by atoms with Crippen molar-refractivity contribution in [1.82, 2.24) is 9.99 Å². The van der Waals surface area contributed by atoms with Gasteiger partial charge in [-0.2, -0.15) is 5.10 Å². The minimum atomic E-state index is -1.00. The summed E-state index contributed by atoms with van der Waals surface area (Å²) in [7, 11) is 0. The molecule has 142 valence electrons. The Labute approximate surface area is 161 Å². The van der Waals surface area contributed by atoms with Gasteiger partial charge in [-0.05, 0) is 44.2 Å². The lowest BCUT2D eigenvalue weighted by molar-refractivity contribution is -0.136. The highest BCUT2D eigenvalue weighted by atomic mass is 19.1. The number of halogens is 1. The minimum absolute atomic E-state index is 0.0713. The molecule has 0 saturated heterocycles. The predicted molar refractivity (Wildman–Crippen MR) is 106 cm³/mol. The number of benzene rings is 2. The van der Waals surface area contributed by atoms with E-state index in [1.807, 2.05) is 50.2 Å². The van der Waals surface area contributed by atoms with Crippen LogP contribution in [0.4, 0.5) is 10.1 Å². The zero-order chi connectivity index (χ0) is 20.1. The van der Waals surface area contributed by atoms with E-state index in [0.717, 1.165) is 22.6 Å². The lowest BCUT2D eigenvalue weighted by Gasteiger charge is -2.09. The molecule has 3 rings (SSSR count). The number of rotatable bonds is 4. The highest BCUT2D eigenvalue weighted by molar-refractivity contribution is 6.39. The van der Waals surface area contributed by atoms with Crippen molar-refractivity contribution in [3.05, 3.63) is 83.4 Å². The van der Waals surface area contributed by atoms with Gasteiger partial charge in [0, 0.05) is 22.6 Å². The molecule has 2 aromatic carbocycles. The van der Waals surface area contributed by atoms with E-state index in [-0.39, 0.29) is 5.69 Å². The van der Waals surface area contributed by atoms with Gasteiger partial charge in [0.05, 0.1) is 11.9 Å². The summed E-state index contributed by atoms with van der Waals surface area (Å²) >= 11 is 0. The van der Waals surface area contributed by atoms with Gasteiger partial charge in [0.15, 0.2) is 0 Å². The predicted octanol–water partition coefficient (Wildman–Crippen LogP) is 3.32. The second kappa shape index (κ2) is 8.30. The number of amides is 2. The van der Waals surface area contributed by atoms with Crippen LogP contribution in [-0.2, 0) is 9.59 Å². The first-order chi connectivity index (χ1) is 13.5. The zero-order valence-electron chi connectivity index (χ0n) is 15.4. The number of para-hydroxylation sites is 2.